The van der Waals surface area contributed by atoms with Crippen LogP contribution in [0.5, 0.6) is 0 Å². The number of nitrogens with zero attached hydrogens (tertiary/aromatic N) is 2. The standard InChI is InChI=1S/C13H19N3O.CH2O2/c1-8(10-4-3-5-10)16-6-11-12(7-16)14-9(2)15-13(11)17;2-1-3/h8,10H,3-7H2,1-2H3,(H,14,15,17);1H,(H,2,3). The van der Waals surface area contributed by atoms with E-state index in [0.717, 1.165) is 36.1 Å². The minimum absolute atomic E-state index is 0.0517. The van der Waals surface area contributed by atoms with Gasteiger partial charge in [-0.1, -0.05) is 6.42 Å². The highest BCUT2D eigenvalue weighted by Gasteiger charge is 2.33. The predicted molar refractivity (Wildman–Crippen MR) is 74.3 cm³/mol. The Morgan fingerprint density at radius 1 is 1.45 bits per heavy atom. The molecule has 1 aliphatic heterocycles. The Kier molecular flexibility index (Phi) is 4.54. The van der Waals surface area contributed by atoms with Gasteiger partial charge in [-0.15, -0.1) is 0 Å². The number of nitrogens with one attached hydrogen (secondary N) is 1. The number of aromatic amines is 1. The molecule has 0 bridgehead atoms. The Hall–Kier alpha value is -1.69. The van der Waals surface area contributed by atoms with Crippen molar-refractivity contribution in [1.82, 2.24) is 14.9 Å². The second kappa shape index (κ2) is 6.17. The van der Waals surface area contributed by atoms with Crippen molar-refractivity contribution in [3.05, 3.63) is 27.4 Å². The number of aryl methyl sites for hydroxylation is 1. The van der Waals surface area contributed by atoms with Crippen molar-refractivity contribution in [2.45, 2.75) is 52.2 Å². The zero-order valence-corrected chi connectivity index (χ0v) is 11.9. The fraction of sp³-hybridized carbons (Fsp3) is 0.643. The number of carboxylic acid groups (broad SMARTS) is 1. The third-order valence-electron chi connectivity index (χ3n) is 4.34. The molecule has 0 aromatic carbocycles. The molecule has 2 aliphatic rings. The number of fused-ring (bicyclic) bond motifs is 1. The van der Waals surface area contributed by atoms with Crippen LogP contribution in [0.25, 0.3) is 0 Å². The van der Waals surface area contributed by atoms with E-state index in [1.54, 1.807) is 0 Å². The van der Waals surface area contributed by atoms with Gasteiger partial charge >= 0.3 is 0 Å². The van der Waals surface area contributed by atoms with Gasteiger partial charge < -0.3 is 10.1 Å². The average Bonchev–Trinajstić information content (AvgIpc) is 2.71. The van der Waals surface area contributed by atoms with Crippen LogP contribution in [0, 0.1) is 12.8 Å². The van der Waals surface area contributed by atoms with Crippen LogP contribution in [0.15, 0.2) is 4.79 Å². The first-order valence-electron chi connectivity index (χ1n) is 6.97. The highest BCUT2D eigenvalue weighted by Crippen LogP contribution is 2.34. The summed E-state index contributed by atoms with van der Waals surface area (Å²) >= 11 is 0. The normalized spacial score (nSPS) is 19.5. The van der Waals surface area contributed by atoms with Gasteiger partial charge in [0.2, 0.25) is 0 Å². The number of hydrogen-bond acceptors (Lipinski definition) is 4. The molecule has 20 heavy (non-hydrogen) atoms. The van der Waals surface area contributed by atoms with Crippen molar-refractivity contribution in [1.29, 1.82) is 0 Å². The number of H-pyrrole nitrogens is 1. The van der Waals surface area contributed by atoms with Crippen molar-refractivity contribution in [3.8, 4) is 0 Å². The van der Waals surface area contributed by atoms with Crippen molar-refractivity contribution < 1.29 is 9.90 Å². The van der Waals surface area contributed by atoms with Crippen LogP contribution in [-0.2, 0) is 17.9 Å². The van der Waals surface area contributed by atoms with Gasteiger partial charge in [0, 0.05) is 19.1 Å². The molecule has 0 amide bonds. The Morgan fingerprint density at radius 3 is 2.65 bits per heavy atom. The lowest BCUT2D eigenvalue weighted by Gasteiger charge is -2.36. The Morgan fingerprint density at radius 2 is 2.10 bits per heavy atom. The van der Waals surface area contributed by atoms with Gasteiger partial charge in [-0.05, 0) is 32.6 Å². The van der Waals surface area contributed by atoms with Crippen molar-refractivity contribution in [3.63, 3.8) is 0 Å². The first kappa shape index (κ1) is 14.7. The third kappa shape index (κ3) is 2.90. The van der Waals surface area contributed by atoms with Gasteiger partial charge in [0.25, 0.3) is 12.0 Å². The van der Waals surface area contributed by atoms with Crippen LogP contribution in [0.2, 0.25) is 0 Å². The van der Waals surface area contributed by atoms with Crippen molar-refractivity contribution in [2.24, 2.45) is 5.92 Å². The van der Waals surface area contributed by atoms with Crippen molar-refractivity contribution >= 4 is 6.47 Å². The molecule has 2 heterocycles. The van der Waals surface area contributed by atoms with Gasteiger partial charge in [-0.2, -0.15) is 0 Å². The first-order valence-corrected chi connectivity index (χ1v) is 6.97. The second-order valence-corrected chi connectivity index (χ2v) is 5.52. The molecule has 1 fully saturated rings. The van der Waals surface area contributed by atoms with E-state index >= 15 is 0 Å². The zero-order valence-electron chi connectivity index (χ0n) is 11.9. The molecular weight excluding hydrogens is 258 g/mol. The predicted octanol–water partition coefficient (Wildman–Crippen LogP) is 1.28. The molecule has 0 saturated heterocycles. The van der Waals surface area contributed by atoms with E-state index in [9.17, 15) is 4.79 Å². The van der Waals surface area contributed by atoms with Gasteiger partial charge in [0.05, 0.1) is 11.3 Å². The molecular formula is C14H21N3O3. The van der Waals surface area contributed by atoms with Gasteiger partial charge in [0.15, 0.2) is 0 Å². The Balaban J connectivity index is 0.000000452. The van der Waals surface area contributed by atoms with Gasteiger partial charge in [-0.3, -0.25) is 14.5 Å². The SMILES string of the molecule is Cc1nc2c(c(=O)[nH]1)CN(C(C)C1CCC1)C2.O=CO. The summed E-state index contributed by atoms with van der Waals surface area (Å²) in [4.78, 5) is 29.8. The maximum atomic E-state index is 11.8. The molecule has 0 radical (unpaired) electrons. The maximum Gasteiger partial charge on any atom is 0.290 e. The molecule has 110 valence electrons. The number of carbonyl (C=O) groups is 1. The summed E-state index contributed by atoms with van der Waals surface area (Å²) in [7, 11) is 0. The molecule has 1 aromatic heterocycles. The summed E-state index contributed by atoms with van der Waals surface area (Å²) in [5.41, 5.74) is 1.91. The molecule has 1 atom stereocenters. The summed E-state index contributed by atoms with van der Waals surface area (Å²) in [6, 6.07) is 0.581. The summed E-state index contributed by atoms with van der Waals surface area (Å²) in [5.74, 6) is 1.55. The van der Waals surface area contributed by atoms with Crippen LogP contribution >= 0.6 is 0 Å². The van der Waals surface area contributed by atoms with E-state index in [2.05, 4.69) is 21.8 Å². The van der Waals surface area contributed by atoms with Crippen molar-refractivity contribution in [2.75, 3.05) is 0 Å². The van der Waals surface area contributed by atoms with E-state index in [1.165, 1.54) is 19.3 Å². The summed E-state index contributed by atoms with van der Waals surface area (Å²) < 4.78 is 0. The van der Waals surface area contributed by atoms with E-state index in [-0.39, 0.29) is 12.0 Å². The summed E-state index contributed by atoms with van der Waals surface area (Å²) in [6.07, 6.45) is 4.06. The summed E-state index contributed by atoms with van der Waals surface area (Å²) in [5, 5.41) is 6.89. The Labute approximate surface area is 117 Å². The quantitative estimate of drug-likeness (QED) is 0.796. The molecule has 1 aliphatic carbocycles. The molecule has 3 rings (SSSR count). The number of rotatable bonds is 2. The minimum atomic E-state index is -0.250. The summed E-state index contributed by atoms with van der Waals surface area (Å²) in [6.45, 7) is 5.50. The molecule has 0 spiro atoms. The van der Waals surface area contributed by atoms with Gasteiger partial charge in [-0.25, -0.2) is 4.98 Å². The monoisotopic (exact) mass is 279 g/mol. The number of aromatic nitrogens is 2. The van der Waals surface area contributed by atoms with Crippen LogP contribution < -0.4 is 5.56 Å². The lowest BCUT2D eigenvalue weighted by atomic mass is 9.80. The smallest absolute Gasteiger partial charge is 0.290 e. The van der Waals surface area contributed by atoms with E-state index in [1.807, 2.05) is 6.92 Å². The largest absolute Gasteiger partial charge is 0.483 e. The lowest BCUT2D eigenvalue weighted by molar-refractivity contribution is -0.122. The molecule has 6 nitrogen and oxygen atoms in total. The first-order chi connectivity index (χ1) is 9.56. The second-order valence-electron chi connectivity index (χ2n) is 5.52. The fourth-order valence-corrected chi connectivity index (χ4v) is 2.92. The molecule has 1 unspecified atom stereocenters. The van der Waals surface area contributed by atoms with E-state index in [0.29, 0.717) is 6.04 Å². The average molecular weight is 279 g/mol. The minimum Gasteiger partial charge on any atom is -0.483 e. The van der Waals surface area contributed by atoms with Crippen LogP contribution in [0.1, 0.15) is 43.3 Å². The molecule has 1 aromatic rings. The lowest BCUT2D eigenvalue weighted by Crippen LogP contribution is -2.38. The highest BCUT2D eigenvalue weighted by atomic mass is 16.3. The molecule has 2 N–H and O–H groups in total. The Bertz CT molecular complexity index is 537. The van der Waals surface area contributed by atoms with E-state index < -0.39 is 0 Å². The molecule has 6 heteroatoms. The van der Waals surface area contributed by atoms with E-state index in [4.69, 9.17) is 9.90 Å². The van der Waals surface area contributed by atoms with Crippen LogP contribution in [0.4, 0.5) is 0 Å². The van der Waals surface area contributed by atoms with Crippen LogP contribution in [-0.4, -0.2) is 32.5 Å². The van der Waals surface area contributed by atoms with Gasteiger partial charge in [0.1, 0.15) is 5.82 Å². The zero-order chi connectivity index (χ0) is 14.7. The van der Waals surface area contributed by atoms with Crippen LogP contribution in [0.3, 0.4) is 0 Å². The number of hydrogen-bond donors (Lipinski definition) is 2. The third-order valence-corrected chi connectivity index (χ3v) is 4.34. The topological polar surface area (TPSA) is 86.3 Å². The molecule has 1 saturated carbocycles. The fourth-order valence-electron chi connectivity index (χ4n) is 2.92. The maximum absolute atomic E-state index is 11.8. The highest BCUT2D eigenvalue weighted by molar-refractivity contribution is 5.32.